The first-order valence-corrected chi connectivity index (χ1v) is 18.4. The second kappa shape index (κ2) is 23.3. The van der Waals surface area contributed by atoms with Gasteiger partial charge in [-0.2, -0.15) is 0 Å². The van der Waals surface area contributed by atoms with Gasteiger partial charge in [-0.15, -0.1) is 0 Å². The van der Waals surface area contributed by atoms with E-state index in [2.05, 4.69) is 26.6 Å². The number of hydrogen-bond donors (Lipinski definition) is 9. The Kier molecular flexibility index (Phi) is 20.2. The summed E-state index contributed by atoms with van der Waals surface area (Å²) < 4.78 is 0. The number of nitrogens with one attached hydrogen (secondary N) is 6. The average Bonchev–Trinajstić information content (AvgIpc) is 3.60. The van der Waals surface area contributed by atoms with Gasteiger partial charge >= 0.3 is 17.9 Å². The third-order valence-electron chi connectivity index (χ3n) is 8.77. The van der Waals surface area contributed by atoms with E-state index in [1.54, 1.807) is 34.6 Å². The zero-order valence-corrected chi connectivity index (χ0v) is 32.5. The van der Waals surface area contributed by atoms with Crippen molar-refractivity contribution < 1.29 is 68.1 Å². The Morgan fingerprint density at radius 1 is 0.643 bits per heavy atom. The monoisotopic (exact) mass is 797 g/mol. The number of Topliss-reactive ketones (excluding diaryl/α,β-unsaturated/α-hetero) is 1. The van der Waals surface area contributed by atoms with E-state index in [4.69, 9.17) is 10.2 Å². The molecule has 1 rings (SSSR count). The molecule has 0 unspecified atom stereocenters. The van der Waals surface area contributed by atoms with Crippen LogP contribution in [0.25, 0.3) is 0 Å². The predicted octanol–water partition coefficient (Wildman–Crippen LogP) is -1.97. The molecule has 1 saturated heterocycles. The first-order chi connectivity index (χ1) is 26.1. The van der Waals surface area contributed by atoms with E-state index in [1.165, 1.54) is 4.90 Å². The van der Waals surface area contributed by atoms with Crippen LogP contribution in [0.5, 0.6) is 0 Å². The number of rotatable bonds is 24. The molecule has 1 aliphatic heterocycles. The van der Waals surface area contributed by atoms with Gasteiger partial charge in [-0.1, -0.05) is 41.0 Å². The van der Waals surface area contributed by atoms with Gasteiger partial charge in [0.15, 0.2) is 0 Å². The van der Waals surface area contributed by atoms with Crippen LogP contribution in [-0.4, -0.2) is 135 Å². The van der Waals surface area contributed by atoms with E-state index in [0.717, 1.165) is 6.92 Å². The van der Waals surface area contributed by atoms with Crippen LogP contribution in [0.2, 0.25) is 0 Å². The van der Waals surface area contributed by atoms with E-state index in [1.807, 2.05) is 5.32 Å². The van der Waals surface area contributed by atoms with Crippen molar-refractivity contribution in [3.8, 4) is 0 Å². The van der Waals surface area contributed by atoms with Crippen molar-refractivity contribution in [3.63, 3.8) is 0 Å². The smallest absolute Gasteiger partial charge is 0.322 e. The van der Waals surface area contributed by atoms with Gasteiger partial charge in [0.05, 0.1) is 6.04 Å². The van der Waals surface area contributed by atoms with Crippen molar-refractivity contribution in [1.29, 1.82) is 0 Å². The Labute approximate surface area is 323 Å². The van der Waals surface area contributed by atoms with Gasteiger partial charge in [-0.3, -0.25) is 52.7 Å². The average molecular weight is 798 g/mol. The minimum absolute atomic E-state index is 0.0557. The standard InChI is InChI=1S/C35H55N7O14/c1-7-9-20(29(50)34(55)36-16-26(48)49)38-32(53)23-10-8-15-42(23)35(56)28(18(4)5)41-33(54)27(17(2)3)40-31(52)22(12-14-25(46)47)39-30(51)21(37-19(6)43)11-13-24(44)45/h17-18,20-23,27-28H,7-16H2,1-6H3,(H,36,55)(H,37,43)(H,38,53)(H,39,51)(H,40,52)(H,41,54)(H,44,45)(H,46,47)(H,48,49)/t20-,21-,22-,23-,27-,28-/m0/s1. The second-order valence-corrected chi connectivity index (χ2v) is 14.1. The van der Waals surface area contributed by atoms with Crippen LogP contribution in [0.4, 0.5) is 0 Å². The van der Waals surface area contributed by atoms with Crippen molar-refractivity contribution in [2.75, 3.05) is 13.1 Å². The van der Waals surface area contributed by atoms with Crippen molar-refractivity contribution >= 4 is 65.0 Å². The zero-order valence-electron chi connectivity index (χ0n) is 32.5. The largest absolute Gasteiger partial charge is 0.481 e. The summed E-state index contributed by atoms with van der Waals surface area (Å²) >= 11 is 0. The predicted molar refractivity (Wildman–Crippen MR) is 194 cm³/mol. The van der Waals surface area contributed by atoms with Gasteiger partial charge in [0.25, 0.3) is 5.91 Å². The molecule has 1 fully saturated rings. The maximum Gasteiger partial charge on any atom is 0.322 e. The number of carboxylic acid groups (broad SMARTS) is 3. The number of aliphatic carboxylic acids is 3. The highest BCUT2D eigenvalue weighted by Gasteiger charge is 2.41. The minimum Gasteiger partial charge on any atom is -0.481 e. The SMILES string of the molecule is CCC[C@H](NC(=O)[C@@H]1CCCN1C(=O)[C@@H](NC(=O)[C@@H](NC(=O)[C@H](CCC(=O)O)NC(=O)[C@H](CCC(=O)O)NC(C)=O)C(C)C)C(C)C)C(=O)C(=O)NCC(=O)O. The summed E-state index contributed by atoms with van der Waals surface area (Å²) in [4.78, 5) is 139. The van der Waals surface area contributed by atoms with Gasteiger partial charge in [0, 0.05) is 26.3 Å². The highest BCUT2D eigenvalue weighted by Crippen LogP contribution is 2.21. The maximum atomic E-state index is 14.0. The fourth-order valence-electron chi connectivity index (χ4n) is 5.84. The molecule has 21 nitrogen and oxygen atoms in total. The molecule has 0 radical (unpaired) electrons. The minimum atomic E-state index is -1.54. The fourth-order valence-corrected chi connectivity index (χ4v) is 5.84. The Morgan fingerprint density at radius 2 is 1.16 bits per heavy atom. The van der Waals surface area contributed by atoms with Crippen molar-refractivity contribution in [2.24, 2.45) is 11.8 Å². The normalized spacial score (nSPS) is 16.4. The first-order valence-electron chi connectivity index (χ1n) is 18.4. The highest BCUT2D eigenvalue weighted by molar-refractivity contribution is 6.38. The number of ketones is 1. The third kappa shape index (κ3) is 16.0. The molecule has 0 aliphatic carbocycles. The zero-order chi connectivity index (χ0) is 42.9. The molecular formula is C35H55N7O14. The third-order valence-corrected chi connectivity index (χ3v) is 8.77. The molecule has 0 aromatic rings. The summed E-state index contributed by atoms with van der Waals surface area (Å²) in [5, 5.41) is 41.4. The highest BCUT2D eigenvalue weighted by atomic mass is 16.4. The Bertz CT molecular complexity index is 1500. The quantitative estimate of drug-likeness (QED) is 0.0479. The van der Waals surface area contributed by atoms with Crippen LogP contribution in [0.1, 0.15) is 92.9 Å². The van der Waals surface area contributed by atoms with Crippen LogP contribution in [0.15, 0.2) is 0 Å². The number of carbonyl (C=O) groups is 11. The van der Waals surface area contributed by atoms with Crippen LogP contribution < -0.4 is 31.9 Å². The van der Waals surface area contributed by atoms with Gasteiger partial charge < -0.3 is 52.1 Å². The lowest BCUT2D eigenvalue weighted by Gasteiger charge is -2.33. The number of nitrogens with zero attached hydrogens (tertiary/aromatic N) is 1. The number of hydrogen-bond acceptors (Lipinski definition) is 11. The van der Waals surface area contributed by atoms with E-state index >= 15 is 0 Å². The topological polar surface area (TPSA) is 324 Å². The molecule has 0 aromatic heterocycles. The van der Waals surface area contributed by atoms with Crippen LogP contribution in [-0.2, 0) is 52.7 Å². The number of likely N-dealkylation sites (tertiary alicyclic amines) is 1. The molecule has 0 spiro atoms. The number of carbonyl (C=O) groups excluding carboxylic acids is 8. The summed E-state index contributed by atoms with van der Waals surface area (Å²) in [6.07, 6.45) is -0.846. The summed E-state index contributed by atoms with van der Waals surface area (Å²) in [5.74, 6) is -12.1. The number of carboxylic acids is 3. The Hall–Kier alpha value is -5.63. The Balaban J connectivity index is 3.22. The molecule has 0 aromatic carbocycles. The molecule has 7 amide bonds. The van der Waals surface area contributed by atoms with Crippen molar-refractivity contribution in [1.82, 2.24) is 36.8 Å². The lowest BCUT2D eigenvalue weighted by Crippen LogP contribution is -2.61. The molecule has 9 N–H and O–H groups in total. The Morgan fingerprint density at radius 3 is 1.64 bits per heavy atom. The van der Waals surface area contributed by atoms with Crippen LogP contribution in [0, 0.1) is 11.8 Å². The van der Waals surface area contributed by atoms with Gasteiger partial charge in [-0.05, 0) is 43.9 Å². The van der Waals surface area contributed by atoms with E-state index in [0.29, 0.717) is 12.8 Å². The molecule has 1 heterocycles. The lowest BCUT2D eigenvalue weighted by molar-refractivity contribution is -0.145. The summed E-state index contributed by atoms with van der Waals surface area (Å²) in [7, 11) is 0. The summed E-state index contributed by atoms with van der Waals surface area (Å²) in [5.41, 5.74) is 0. The van der Waals surface area contributed by atoms with Gasteiger partial charge in [0.2, 0.25) is 41.2 Å². The molecule has 6 atom stereocenters. The van der Waals surface area contributed by atoms with Crippen molar-refractivity contribution in [3.05, 3.63) is 0 Å². The van der Waals surface area contributed by atoms with E-state index in [-0.39, 0.29) is 25.8 Å². The molecule has 21 heteroatoms. The molecule has 56 heavy (non-hydrogen) atoms. The van der Waals surface area contributed by atoms with Gasteiger partial charge in [-0.25, -0.2) is 0 Å². The molecular weight excluding hydrogens is 742 g/mol. The molecule has 0 saturated carbocycles. The maximum absolute atomic E-state index is 14.0. The number of amides is 7. The summed E-state index contributed by atoms with van der Waals surface area (Å²) in [6, 6.07) is -7.83. The van der Waals surface area contributed by atoms with Crippen LogP contribution in [0.3, 0.4) is 0 Å². The molecule has 0 bridgehead atoms. The lowest BCUT2D eigenvalue weighted by atomic mass is 9.98. The second-order valence-electron chi connectivity index (χ2n) is 14.1. The van der Waals surface area contributed by atoms with E-state index < -0.39 is 139 Å². The van der Waals surface area contributed by atoms with Crippen LogP contribution >= 0.6 is 0 Å². The first kappa shape index (κ1) is 48.4. The summed E-state index contributed by atoms with van der Waals surface area (Å²) in [6.45, 7) is 8.54. The fraction of sp³-hybridized carbons (Fsp3) is 0.686. The molecule has 1 aliphatic rings. The van der Waals surface area contributed by atoms with Gasteiger partial charge in [0.1, 0.15) is 36.8 Å². The molecule has 314 valence electrons. The van der Waals surface area contributed by atoms with Crippen molar-refractivity contribution in [2.45, 2.75) is 129 Å². The van der Waals surface area contributed by atoms with E-state index in [9.17, 15) is 57.8 Å².